The molecule has 0 aliphatic carbocycles. The van der Waals surface area contributed by atoms with Crippen molar-refractivity contribution in [2.24, 2.45) is 12.1 Å². The van der Waals surface area contributed by atoms with Gasteiger partial charge < -0.3 is 4.57 Å². The first-order valence-electron chi connectivity index (χ1n) is 3.10. The van der Waals surface area contributed by atoms with Crippen molar-refractivity contribution in [2.75, 3.05) is 6.26 Å². The van der Waals surface area contributed by atoms with Gasteiger partial charge in [-0.25, -0.2) is 13.2 Å². The van der Waals surface area contributed by atoms with Crippen LogP contribution in [0.1, 0.15) is 0 Å². The summed E-state index contributed by atoms with van der Waals surface area (Å²) in [5, 5.41) is 5.50. The van der Waals surface area contributed by atoms with Crippen molar-refractivity contribution in [1.29, 1.82) is 0 Å². The van der Waals surface area contributed by atoms with Crippen LogP contribution < -0.4 is 9.63 Å². The molecule has 0 unspecified atom stereocenters. The number of rotatable bonds is 2. The number of sulfonamides is 1. The summed E-state index contributed by atoms with van der Waals surface area (Å²) in [6, 6.07) is 0. The van der Waals surface area contributed by atoms with Gasteiger partial charge in [0.25, 0.3) is 0 Å². The molecule has 0 bridgehead atoms. The summed E-state index contributed by atoms with van der Waals surface area (Å²) >= 11 is 1.36. The molecule has 0 atom stereocenters. The zero-order valence-corrected chi connectivity index (χ0v) is 8.32. The van der Waals surface area contributed by atoms with Gasteiger partial charge in [-0.2, -0.15) is 0 Å². The van der Waals surface area contributed by atoms with Crippen molar-refractivity contribution in [1.82, 2.24) is 9.40 Å². The molecule has 1 heterocycles. The van der Waals surface area contributed by atoms with Gasteiger partial charge in [0.05, 0.1) is 6.26 Å². The van der Waals surface area contributed by atoms with Gasteiger partial charge in [0, 0.05) is 18.6 Å². The predicted octanol–water partition coefficient (Wildman–Crippen LogP) is -0.548. The second kappa shape index (κ2) is 3.28. The Morgan fingerprint density at radius 2 is 2.33 bits per heavy atom. The molecule has 0 aromatic carbocycles. The highest BCUT2D eigenvalue weighted by Gasteiger charge is 1.95. The summed E-state index contributed by atoms with van der Waals surface area (Å²) in [7, 11) is -1.45. The van der Waals surface area contributed by atoms with E-state index in [4.69, 9.17) is 0 Å². The summed E-state index contributed by atoms with van der Waals surface area (Å²) in [5.41, 5.74) is 0. The average Bonchev–Trinajstić information content (AvgIpc) is 2.29. The second-order valence-electron chi connectivity index (χ2n) is 2.27. The van der Waals surface area contributed by atoms with Crippen LogP contribution in [0.5, 0.6) is 0 Å². The molecule has 0 radical (unpaired) electrons. The van der Waals surface area contributed by atoms with E-state index in [1.54, 1.807) is 17.8 Å². The smallest absolute Gasteiger partial charge is 0.244 e. The van der Waals surface area contributed by atoms with E-state index in [9.17, 15) is 8.42 Å². The maximum absolute atomic E-state index is 10.6. The van der Waals surface area contributed by atoms with Crippen LogP contribution >= 0.6 is 11.3 Å². The molecule has 0 aliphatic rings. The number of nitrogens with one attached hydrogen (secondary N) is 1. The molecule has 7 heteroatoms. The fourth-order valence-corrected chi connectivity index (χ4v) is 1.56. The molecule has 0 aliphatic heterocycles. The lowest BCUT2D eigenvalue weighted by atomic mass is 10.9. The third-order valence-corrected chi connectivity index (χ3v) is 2.34. The first kappa shape index (κ1) is 9.27. The van der Waals surface area contributed by atoms with Crippen LogP contribution in [0, 0.1) is 0 Å². The van der Waals surface area contributed by atoms with Gasteiger partial charge in [-0.3, -0.25) is 0 Å². The maximum Gasteiger partial charge on any atom is 0.244 e. The first-order chi connectivity index (χ1) is 5.49. The Bertz CT molecular complexity index is 414. The predicted molar refractivity (Wildman–Crippen MR) is 46.8 cm³/mol. The van der Waals surface area contributed by atoms with Crippen LogP contribution in [0.4, 0.5) is 0 Å². The highest BCUT2D eigenvalue weighted by Crippen LogP contribution is 1.85. The van der Waals surface area contributed by atoms with Crippen LogP contribution in [0.3, 0.4) is 0 Å². The largest absolute Gasteiger partial charge is 0.325 e. The first-order valence-corrected chi connectivity index (χ1v) is 5.87. The van der Waals surface area contributed by atoms with Crippen molar-refractivity contribution in [3.8, 4) is 0 Å². The molecule has 1 rings (SSSR count). The van der Waals surface area contributed by atoms with Gasteiger partial charge in [-0.1, -0.05) is 0 Å². The molecule has 0 amide bonds. The topological polar surface area (TPSA) is 63.5 Å². The second-order valence-corrected chi connectivity index (χ2v) is 4.87. The summed E-state index contributed by atoms with van der Waals surface area (Å²) in [5.74, 6) is 0. The van der Waals surface area contributed by atoms with Crippen LogP contribution in [0.25, 0.3) is 0 Å². The number of hydrogen-bond acceptors (Lipinski definition) is 4. The van der Waals surface area contributed by atoms with E-state index in [2.05, 4.69) is 9.93 Å². The Morgan fingerprint density at radius 3 is 2.75 bits per heavy atom. The molecule has 0 fully saturated rings. The van der Waals surface area contributed by atoms with Gasteiger partial charge in [0.1, 0.15) is 0 Å². The zero-order chi connectivity index (χ0) is 9.19. The molecular weight excluding hydrogens is 198 g/mol. The van der Waals surface area contributed by atoms with E-state index in [1.165, 1.54) is 11.3 Å². The normalized spacial score (nSPS) is 13.3. The van der Waals surface area contributed by atoms with Crippen LogP contribution in [0.15, 0.2) is 16.7 Å². The number of hydrogen-bond donors (Lipinski definition) is 1. The third kappa shape index (κ3) is 2.67. The SMILES string of the molecule is Cn1ccs/c1=N/NS(C)(=O)=O. The quantitative estimate of drug-likeness (QED) is 0.661. The molecule has 1 aromatic rings. The number of nitrogens with zero attached hydrogens (tertiary/aromatic N) is 2. The molecule has 0 saturated heterocycles. The number of aryl methyl sites for hydroxylation is 1. The fourth-order valence-electron chi connectivity index (χ4n) is 0.557. The zero-order valence-electron chi connectivity index (χ0n) is 6.68. The maximum atomic E-state index is 10.6. The summed E-state index contributed by atoms with van der Waals surface area (Å²) in [6.07, 6.45) is 2.86. The van der Waals surface area contributed by atoms with Gasteiger partial charge in [-0.15, -0.1) is 16.4 Å². The number of thiazole rings is 1. The van der Waals surface area contributed by atoms with Crippen molar-refractivity contribution in [3.63, 3.8) is 0 Å². The summed E-state index contributed by atoms with van der Waals surface area (Å²) in [4.78, 5) is 2.66. The van der Waals surface area contributed by atoms with Crippen LogP contribution in [0.2, 0.25) is 0 Å². The molecule has 12 heavy (non-hydrogen) atoms. The lowest BCUT2D eigenvalue weighted by molar-refractivity contribution is 0.588. The molecule has 5 nitrogen and oxygen atoms in total. The highest BCUT2D eigenvalue weighted by atomic mass is 32.2. The standard InChI is InChI=1S/C5H9N3O2S2/c1-8-3-4-11-5(8)6-7-12(2,9)10/h3-4,7H,1-2H3/b6-5+. The highest BCUT2D eigenvalue weighted by molar-refractivity contribution is 7.88. The Balaban J connectivity index is 2.93. The minimum absolute atomic E-state index is 0.612. The van der Waals surface area contributed by atoms with E-state index < -0.39 is 10.0 Å². The van der Waals surface area contributed by atoms with Crippen molar-refractivity contribution >= 4 is 21.4 Å². The lowest BCUT2D eigenvalue weighted by Gasteiger charge is -1.93. The molecule has 0 saturated carbocycles. The summed E-state index contributed by atoms with van der Waals surface area (Å²) < 4.78 is 23.0. The van der Waals surface area contributed by atoms with E-state index in [0.717, 1.165) is 6.26 Å². The molecule has 1 aromatic heterocycles. The summed E-state index contributed by atoms with van der Waals surface area (Å²) in [6.45, 7) is 0. The molecular formula is C5H9N3O2S2. The van der Waals surface area contributed by atoms with Crippen LogP contribution in [-0.4, -0.2) is 19.2 Å². The minimum Gasteiger partial charge on any atom is -0.325 e. The van der Waals surface area contributed by atoms with Crippen LogP contribution in [-0.2, 0) is 17.1 Å². The van der Waals surface area contributed by atoms with Gasteiger partial charge in [0.15, 0.2) is 0 Å². The Labute approximate surface area is 74.4 Å². The Hall–Kier alpha value is -0.820. The van der Waals surface area contributed by atoms with E-state index in [-0.39, 0.29) is 0 Å². The van der Waals surface area contributed by atoms with Crippen molar-refractivity contribution in [3.05, 3.63) is 16.4 Å². The van der Waals surface area contributed by atoms with Gasteiger partial charge in [0.2, 0.25) is 14.8 Å². The third-order valence-electron chi connectivity index (χ3n) is 1.07. The number of aromatic nitrogens is 1. The van der Waals surface area contributed by atoms with E-state index in [0.29, 0.717) is 4.80 Å². The average molecular weight is 207 g/mol. The van der Waals surface area contributed by atoms with Gasteiger partial charge >= 0.3 is 0 Å². The molecule has 68 valence electrons. The lowest BCUT2D eigenvalue weighted by Crippen LogP contribution is -2.21. The van der Waals surface area contributed by atoms with Crippen molar-refractivity contribution < 1.29 is 8.42 Å². The van der Waals surface area contributed by atoms with Gasteiger partial charge in [-0.05, 0) is 0 Å². The Kier molecular flexibility index (Phi) is 2.53. The van der Waals surface area contributed by atoms with E-state index >= 15 is 0 Å². The fraction of sp³-hybridized carbons (Fsp3) is 0.400. The Morgan fingerprint density at radius 1 is 1.67 bits per heavy atom. The van der Waals surface area contributed by atoms with E-state index in [1.807, 2.05) is 5.38 Å². The van der Waals surface area contributed by atoms with Crippen molar-refractivity contribution in [2.45, 2.75) is 0 Å². The molecule has 1 N–H and O–H groups in total. The monoisotopic (exact) mass is 207 g/mol. The minimum atomic E-state index is -3.24. The molecule has 0 spiro atoms.